The van der Waals surface area contributed by atoms with Gasteiger partial charge in [-0.3, -0.25) is 4.79 Å². The highest BCUT2D eigenvalue weighted by Gasteiger charge is 2.22. The molecule has 0 aliphatic rings. The average Bonchev–Trinajstić information content (AvgIpc) is 2.68. The summed E-state index contributed by atoms with van der Waals surface area (Å²) in [6.45, 7) is 4.07. The molecule has 0 aromatic heterocycles. The Morgan fingerprint density at radius 2 is 1.79 bits per heavy atom. The Labute approximate surface area is 162 Å². The van der Waals surface area contributed by atoms with E-state index in [4.69, 9.17) is 0 Å². The number of hydrogen-bond donors (Lipinski definition) is 4. The molecule has 0 aliphatic heterocycles. The van der Waals surface area contributed by atoms with E-state index in [1.165, 1.54) is 34.6 Å². The highest BCUT2D eigenvalue weighted by molar-refractivity contribution is 7.89. The van der Waals surface area contributed by atoms with E-state index in [-0.39, 0.29) is 16.0 Å². The van der Waals surface area contributed by atoms with E-state index in [0.29, 0.717) is 13.1 Å². The molecule has 0 atom stereocenters. The number of hydrazone groups is 1. The van der Waals surface area contributed by atoms with Crippen molar-refractivity contribution in [1.82, 2.24) is 9.73 Å². The van der Waals surface area contributed by atoms with E-state index >= 15 is 0 Å². The van der Waals surface area contributed by atoms with Crippen LogP contribution < -0.4 is 5.43 Å². The number of aromatic hydroxyl groups is 3. The van der Waals surface area contributed by atoms with Gasteiger partial charge in [0, 0.05) is 24.2 Å². The first kappa shape index (κ1) is 21.2. The summed E-state index contributed by atoms with van der Waals surface area (Å²) < 4.78 is 26.4. The first-order chi connectivity index (χ1) is 13.2. The topological polar surface area (TPSA) is 140 Å². The van der Waals surface area contributed by atoms with E-state index < -0.39 is 33.2 Å². The minimum atomic E-state index is -3.70. The van der Waals surface area contributed by atoms with Crippen LogP contribution in [0.25, 0.3) is 0 Å². The van der Waals surface area contributed by atoms with Crippen molar-refractivity contribution >= 4 is 22.1 Å². The Balaban J connectivity index is 2.19. The van der Waals surface area contributed by atoms with Crippen LogP contribution in [0.3, 0.4) is 0 Å². The van der Waals surface area contributed by atoms with E-state index in [9.17, 15) is 28.5 Å². The summed E-state index contributed by atoms with van der Waals surface area (Å²) in [4.78, 5) is 12.2. The number of sulfonamides is 1. The number of nitrogens with one attached hydrogen (secondary N) is 1. The van der Waals surface area contributed by atoms with Crippen molar-refractivity contribution in [3.8, 4) is 17.2 Å². The molecule has 4 N–H and O–H groups in total. The zero-order chi connectivity index (χ0) is 20.9. The lowest BCUT2D eigenvalue weighted by atomic mass is 10.2. The van der Waals surface area contributed by atoms with Crippen molar-refractivity contribution in [2.45, 2.75) is 18.7 Å². The number of phenols is 3. The quantitative estimate of drug-likeness (QED) is 0.312. The molecule has 0 saturated carbocycles. The van der Waals surface area contributed by atoms with Gasteiger partial charge in [-0.05, 0) is 30.3 Å². The molecule has 28 heavy (non-hydrogen) atoms. The van der Waals surface area contributed by atoms with Crippen LogP contribution in [-0.2, 0) is 10.0 Å². The number of amides is 1. The van der Waals surface area contributed by atoms with Gasteiger partial charge < -0.3 is 15.3 Å². The molecule has 0 aliphatic carbocycles. The number of hydrogen-bond acceptors (Lipinski definition) is 7. The first-order valence-corrected chi connectivity index (χ1v) is 9.83. The molecule has 0 radical (unpaired) electrons. The molecule has 2 aromatic carbocycles. The predicted molar refractivity (Wildman–Crippen MR) is 103 cm³/mol. The third-order valence-electron chi connectivity index (χ3n) is 3.97. The summed E-state index contributed by atoms with van der Waals surface area (Å²) in [6.07, 6.45) is 1.07. The largest absolute Gasteiger partial charge is 0.504 e. The Bertz CT molecular complexity index is 1000. The maximum Gasteiger partial charge on any atom is 0.271 e. The Morgan fingerprint density at radius 1 is 1.11 bits per heavy atom. The molecule has 150 valence electrons. The van der Waals surface area contributed by atoms with Crippen LogP contribution in [-0.4, -0.2) is 53.3 Å². The van der Waals surface area contributed by atoms with E-state index in [1.807, 2.05) is 0 Å². The Hall–Kier alpha value is -3.11. The maximum absolute atomic E-state index is 12.6. The molecule has 0 spiro atoms. The predicted octanol–water partition coefficient (Wildman–Crippen LogP) is 1.60. The van der Waals surface area contributed by atoms with Crippen molar-refractivity contribution in [2.75, 3.05) is 13.1 Å². The van der Waals surface area contributed by atoms with Crippen molar-refractivity contribution in [1.29, 1.82) is 0 Å². The summed E-state index contributed by atoms with van der Waals surface area (Å²) in [5, 5.41) is 32.1. The third kappa shape index (κ3) is 4.41. The number of benzene rings is 2. The monoisotopic (exact) mass is 407 g/mol. The van der Waals surface area contributed by atoms with Gasteiger partial charge in [-0.15, -0.1) is 0 Å². The fourth-order valence-corrected chi connectivity index (χ4v) is 3.93. The Morgan fingerprint density at radius 3 is 2.43 bits per heavy atom. The molecule has 0 bridgehead atoms. The van der Waals surface area contributed by atoms with Crippen LogP contribution in [0.4, 0.5) is 0 Å². The summed E-state index contributed by atoms with van der Waals surface area (Å²) in [7, 11) is -3.70. The molecule has 0 heterocycles. The van der Waals surface area contributed by atoms with E-state index in [0.717, 1.165) is 12.3 Å². The number of carbonyl (C=O) groups is 1. The second-order valence-corrected chi connectivity index (χ2v) is 7.63. The van der Waals surface area contributed by atoms with Crippen molar-refractivity contribution < 1.29 is 28.5 Å². The van der Waals surface area contributed by atoms with E-state index in [2.05, 4.69) is 10.5 Å². The summed E-state index contributed by atoms with van der Waals surface area (Å²) in [5.41, 5.74) is 2.36. The lowest BCUT2D eigenvalue weighted by Gasteiger charge is -2.18. The highest BCUT2D eigenvalue weighted by atomic mass is 32.2. The second kappa shape index (κ2) is 8.72. The number of rotatable bonds is 7. The number of phenolic OH excluding ortho intramolecular Hbond substituents is 3. The van der Waals surface area contributed by atoms with Gasteiger partial charge in [0.2, 0.25) is 15.8 Å². The lowest BCUT2D eigenvalue weighted by molar-refractivity contribution is 0.0955. The van der Waals surface area contributed by atoms with Crippen molar-refractivity contribution in [2.24, 2.45) is 5.10 Å². The Kier molecular flexibility index (Phi) is 6.60. The molecule has 0 unspecified atom stereocenters. The van der Waals surface area contributed by atoms with Crippen molar-refractivity contribution in [3.05, 3.63) is 47.5 Å². The van der Waals surface area contributed by atoms with Crippen LogP contribution in [0.1, 0.15) is 29.8 Å². The SMILES string of the molecule is CCN(CC)S(=O)(=O)c1cccc(C(=O)N/N=C/c2ccc(O)c(O)c2O)c1. The molecule has 0 fully saturated rings. The molecule has 10 heteroatoms. The average molecular weight is 407 g/mol. The van der Waals surface area contributed by atoms with Gasteiger partial charge in [-0.25, -0.2) is 13.8 Å². The van der Waals surface area contributed by atoms with Crippen molar-refractivity contribution in [3.63, 3.8) is 0 Å². The molecular weight excluding hydrogens is 386 g/mol. The molecular formula is C18H21N3O6S. The maximum atomic E-state index is 12.6. The van der Waals surface area contributed by atoms with Crippen LogP contribution in [0.15, 0.2) is 46.4 Å². The molecule has 2 aromatic rings. The van der Waals surface area contributed by atoms with Gasteiger partial charge in [0.05, 0.1) is 11.1 Å². The van der Waals surface area contributed by atoms with Gasteiger partial charge in [-0.2, -0.15) is 9.41 Å². The summed E-state index contributed by atoms with van der Waals surface area (Å²) in [5.74, 6) is -2.45. The first-order valence-electron chi connectivity index (χ1n) is 8.39. The van der Waals surface area contributed by atoms with E-state index in [1.54, 1.807) is 13.8 Å². The van der Waals surface area contributed by atoms with Crippen LogP contribution >= 0.6 is 0 Å². The second-order valence-electron chi connectivity index (χ2n) is 5.69. The number of nitrogens with zero attached hydrogens (tertiary/aromatic N) is 2. The van der Waals surface area contributed by atoms with Gasteiger partial charge in [0.1, 0.15) is 0 Å². The highest BCUT2D eigenvalue weighted by Crippen LogP contribution is 2.36. The fraction of sp³-hybridized carbons (Fsp3) is 0.222. The van der Waals surface area contributed by atoms with Crippen LogP contribution in [0.2, 0.25) is 0 Å². The summed E-state index contributed by atoms with van der Waals surface area (Å²) >= 11 is 0. The minimum absolute atomic E-state index is 0.00562. The minimum Gasteiger partial charge on any atom is -0.504 e. The van der Waals surface area contributed by atoms with Gasteiger partial charge in [-0.1, -0.05) is 19.9 Å². The third-order valence-corrected chi connectivity index (χ3v) is 6.02. The van der Waals surface area contributed by atoms with Gasteiger partial charge >= 0.3 is 0 Å². The zero-order valence-electron chi connectivity index (χ0n) is 15.3. The number of carbonyl (C=O) groups excluding carboxylic acids is 1. The normalized spacial score (nSPS) is 11.8. The smallest absolute Gasteiger partial charge is 0.271 e. The summed E-state index contributed by atoms with van der Waals surface area (Å²) in [6, 6.07) is 8.00. The van der Waals surface area contributed by atoms with Gasteiger partial charge in [0.15, 0.2) is 11.5 Å². The molecule has 1 amide bonds. The van der Waals surface area contributed by atoms with Crippen LogP contribution in [0, 0.1) is 0 Å². The standard InChI is InChI=1S/C18H21N3O6S/c1-3-21(4-2)28(26,27)14-7-5-6-12(10-14)18(25)20-19-11-13-8-9-15(22)17(24)16(13)23/h5-11,22-24H,3-4H2,1-2H3,(H,20,25)/b19-11+. The molecule has 0 saturated heterocycles. The molecule has 9 nitrogen and oxygen atoms in total. The molecule has 2 rings (SSSR count). The lowest BCUT2D eigenvalue weighted by Crippen LogP contribution is -2.30. The van der Waals surface area contributed by atoms with Crippen LogP contribution in [0.5, 0.6) is 17.2 Å². The fourth-order valence-electron chi connectivity index (χ4n) is 2.42. The zero-order valence-corrected chi connectivity index (χ0v) is 16.1. The van der Waals surface area contributed by atoms with Gasteiger partial charge in [0.25, 0.3) is 5.91 Å².